The third kappa shape index (κ3) is 7.66. The second-order valence-corrected chi connectivity index (χ2v) is 4.35. The topological polar surface area (TPSA) is 16.1 Å². The second-order valence-electron chi connectivity index (χ2n) is 4.35. The van der Waals surface area contributed by atoms with Gasteiger partial charge < -0.3 is 4.90 Å². The molecule has 2 heterocycles. The molecular formula is C16H24N2. The molecule has 0 saturated carbocycles. The summed E-state index contributed by atoms with van der Waals surface area (Å²) in [5.74, 6) is 0. The largest absolute Gasteiger partial charge is 0.374 e. The summed E-state index contributed by atoms with van der Waals surface area (Å²) in [6.07, 6.45) is 17.6. The van der Waals surface area contributed by atoms with Gasteiger partial charge in [-0.05, 0) is 30.8 Å². The smallest absolute Gasteiger partial charge is 0.0357 e. The van der Waals surface area contributed by atoms with E-state index in [9.17, 15) is 0 Å². The number of hydrogen-bond acceptors (Lipinski definition) is 2. The van der Waals surface area contributed by atoms with Gasteiger partial charge in [0.1, 0.15) is 0 Å². The maximum Gasteiger partial charge on any atom is 0.0357 e. The molecule has 2 rings (SSSR count). The lowest BCUT2D eigenvalue weighted by molar-refractivity contribution is 0.394. The van der Waals surface area contributed by atoms with Crippen LogP contribution in [0.3, 0.4) is 0 Å². The fourth-order valence-corrected chi connectivity index (χ4v) is 1.73. The van der Waals surface area contributed by atoms with Gasteiger partial charge in [-0.3, -0.25) is 4.98 Å². The Balaban J connectivity index is 0.000000225. The van der Waals surface area contributed by atoms with Crippen LogP contribution in [-0.2, 0) is 0 Å². The molecule has 0 fully saturated rings. The molecule has 0 atom stereocenters. The van der Waals surface area contributed by atoms with Crippen LogP contribution >= 0.6 is 0 Å². The first-order chi connectivity index (χ1) is 8.93. The highest BCUT2D eigenvalue weighted by Gasteiger charge is 1.97. The first kappa shape index (κ1) is 14.5. The van der Waals surface area contributed by atoms with E-state index in [0.29, 0.717) is 0 Å². The maximum atomic E-state index is 3.78. The number of unbranched alkanes of at least 4 members (excludes halogenated alkanes) is 3. The molecule has 0 saturated heterocycles. The molecule has 2 heteroatoms. The molecule has 0 aromatic carbocycles. The van der Waals surface area contributed by atoms with Crippen LogP contribution in [0.25, 0.3) is 0 Å². The monoisotopic (exact) mass is 244 g/mol. The Morgan fingerprint density at radius 3 is 2.33 bits per heavy atom. The molecule has 98 valence electrons. The molecule has 0 bridgehead atoms. The van der Waals surface area contributed by atoms with Crippen LogP contribution < -0.4 is 0 Å². The number of pyridine rings is 1. The molecule has 18 heavy (non-hydrogen) atoms. The van der Waals surface area contributed by atoms with Gasteiger partial charge in [0, 0.05) is 25.5 Å². The number of rotatable bonds is 5. The molecular weight excluding hydrogens is 220 g/mol. The van der Waals surface area contributed by atoms with E-state index in [0.717, 1.165) is 6.54 Å². The van der Waals surface area contributed by atoms with Crippen molar-refractivity contribution in [2.75, 3.05) is 13.1 Å². The van der Waals surface area contributed by atoms with E-state index in [1.165, 1.54) is 32.2 Å². The van der Waals surface area contributed by atoms with Gasteiger partial charge in [-0.2, -0.15) is 0 Å². The van der Waals surface area contributed by atoms with Gasteiger partial charge in [0.05, 0.1) is 0 Å². The van der Waals surface area contributed by atoms with Gasteiger partial charge in [0.15, 0.2) is 0 Å². The third-order valence-electron chi connectivity index (χ3n) is 2.75. The van der Waals surface area contributed by atoms with Crippen molar-refractivity contribution >= 4 is 0 Å². The van der Waals surface area contributed by atoms with Crippen molar-refractivity contribution in [1.82, 2.24) is 9.88 Å². The first-order valence-electron chi connectivity index (χ1n) is 6.86. The van der Waals surface area contributed by atoms with Crippen molar-refractivity contribution in [2.45, 2.75) is 32.6 Å². The predicted octanol–water partition coefficient (Wildman–Crippen LogP) is 4.03. The van der Waals surface area contributed by atoms with E-state index < -0.39 is 0 Å². The van der Waals surface area contributed by atoms with Crippen molar-refractivity contribution in [3.8, 4) is 0 Å². The van der Waals surface area contributed by atoms with Crippen LogP contribution in [0.4, 0.5) is 0 Å². The van der Waals surface area contributed by atoms with Gasteiger partial charge in [0.2, 0.25) is 0 Å². The number of allylic oxidation sites excluding steroid dienone is 2. The van der Waals surface area contributed by atoms with E-state index in [4.69, 9.17) is 0 Å². The normalized spacial score (nSPS) is 13.1. The Morgan fingerprint density at radius 1 is 1.00 bits per heavy atom. The summed E-state index contributed by atoms with van der Waals surface area (Å²) >= 11 is 0. The third-order valence-corrected chi connectivity index (χ3v) is 2.75. The van der Waals surface area contributed by atoms with Crippen molar-refractivity contribution in [3.05, 3.63) is 55.0 Å². The van der Waals surface area contributed by atoms with Crippen LogP contribution in [0.2, 0.25) is 0 Å². The van der Waals surface area contributed by atoms with E-state index in [1.54, 1.807) is 12.4 Å². The molecule has 2 nitrogen and oxygen atoms in total. The summed E-state index contributed by atoms with van der Waals surface area (Å²) < 4.78 is 0. The summed E-state index contributed by atoms with van der Waals surface area (Å²) in [6.45, 7) is 4.58. The number of aromatic nitrogens is 1. The zero-order chi connectivity index (χ0) is 12.9. The summed E-state index contributed by atoms with van der Waals surface area (Å²) in [4.78, 5) is 6.16. The van der Waals surface area contributed by atoms with Crippen LogP contribution in [0.15, 0.2) is 55.0 Å². The molecule has 1 aromatic heterocycles. The average molecular weight is 244 g/mol. The Kier molecular flexibility index (Phi) is 8.51. The lowest BCUT2D eigenvalue weighted by Gasteiger charge is -2.19. The van der Waals surface area contributed by atoms with Crippen molar-refractivity contribution in [1.29, 1.82) is 0 Å². The van der Waals surface area contributed by atoms with Crippen LogP contribution in [0.1, 0.15) is 32.6 Å². The fourth-order valence-electron chi connectivity index (χ4n) is 1.73. The second kappa shape index (κ2) is 10.6. The number of nitrogens with zero attached hydrogens (tertiary/aromatic N) is 2. The lowest BCUT2D eigenvalue weighted by atomic mass is 10.2. The molecule has 0 amide bonds. The Labute approximate surface area is 111 Å². The van der Waals surface area contributed by atoms with Crippen LogP contribution in [0.5, 0.6) is 0 Å². The van der Waals surface area contributed by atoms with Gasteiger partial charge >= 0.3 is 0 Å². The Morgan fingerprint density at radius 2 is 1.83 bits per heavy atom. The summed E-state index contributed by atoms with van der Waals surface area (Å²) in [5, 5.41) is 0. The van der Waals surface area contributed by atoms with Crippen molar-refractivity contribution in [3.63, 3.8) is 0 Å². The first-order valence-corrected chi connectivity index (χ1v) is 6.86. The van der Waals surface area contributed by atoms with E-state index in [2.05, 4.69) is 41.2 Å². The highest BCUT2D eigenvalue weighted by Crippen LogP contribution is 2.04. The lowest BCUT2D eigenvalue weighted by Crippen LogP contribution is -2.19. The van der Waals surface area contributed by atoms with Gasteiger partial charge in [-0.15, -0.1) is 0 Å². The zero-order valence-electron chi connectivity index (χ0n) is 11.3. The standard InChI is InChI=1S/C11H19N.C5H5N/c1-2-3-4-6-9-12-10-7-5-8-11-12;1-2-4-6-5-3-1/h5,7-8,10H,2-4,6,9,11H2,1H3;1-5H. The fraction of sp³-hybridized carbons (Fsp3) is 0.438. The zero-order valence-corrected chi connectivity index (χ0v) is 11.3. The molecule has 1 aliphatic heterocycles. The van der Waals surface area contributed by atoms with Gasteiger partial charge in [-0.25, -0.2) is 0 Å². The Bertz CT molecular complexity index is 304. The Hall–Kier alpha value is -1.57. The SMILES string of the molecule is CCCCCCN1C=CC=CC1.c1ccncc1. The number of hydrogen-bond donors (Lipinski definition) is 0. The van der Waals surface area contributed by atoms with E-state index >= 15 is 0 Å². The minimum atomic E-state index is 1.10. The van der Waals surface area contributed by atoms with Crippen LogP contribution in [-0.4, -0.2) is 23.0 Å². The molecule has 0 spiro atoms. The maximum absolute atomic E-state index is 3.78. The van der Waals surface area contributed by atoms with Crippen molar-refractivity contribution in [2.24, 2.45) is 0 Å². The van der Waals surface area contributed by atoms with Gasteiger partial charge in [0.25, 0.3) is 0 Å². The minimum Gasteiger partial charge on any atom is -0.374 e. The van der Waals surface area contributed by atoms with Crippen molar-refractivity contribution < 1.29 is 0 Å². The highest BCUT2D eigenvalue weighted by atomic mass is 15.1. The molecule has 0 aliphatic carbocycles. The molecule has 1 aromatic rings. The summed E-state index contributed by atoms with van der Waals surface area (Å²) in [7, 11) is 0. The molecule has 0 radical (unpaired) electrons. The van der Waals surface area contributed by atoms with Crippen LogP contribution in [0, 0.1) is 0 Å². The average Bonchev–Trinajstić information content (AvgIpc) is 2.47. The van der Waals surface area contributed by atoms with E-state index in [-0.39, 0.29) is 0 Å². The quantitative estimate of drug-likeness (QED) is 0.727. The van der Waals surface area contributed by atoms with E-state index in [1.807, 2.05) is 18.2 Å². The summed E-state index contributed by atoms with van der Waals surface area (Å²) in [6, 6.07) is 5.72. The molecule has 0 unspecified atom stereocenters. The molecule has 1 aliphatic rings. The molecule has 0 N–H and O–H groups in total. The summed E-state index contributed by atoms with van der Waals surface area (Å²) in [5.41, 5.74) is 0. The van der Waals surface area contributed by atoms with Gasteiger partial charge in [-0.1, -0.05) is 44.4 Å². The highest BCUT2D eigenvalue weighted by molar-refractivity contribution is 5.08. The minimum absolute atomic E-state index is 1.10. The predicted molar refractivity (Wildman–Crippen MR) is 78.2 cm³/mol.